The molecule has 2 unspecified atom stereocenters. The van der Waals surface area contributed by atoms with Gasteiger partial charge >= 0.3 is 0 Å². The molecule has 2 aliphatic heterocycles. The van der Waals surface area contributed by atoms with Crippen molar-refractivity contribution in [3.05, 3.63) is 0 Å². The van der Waals surface area contributed by atoms with Gasteiger partial charge in [-0.3, -0.25) is 9.59 Å². The van der Waals surface area contributed by atoms with Gasteiger partial charge < -0.3 is 10.6 Å². The lowest BCUT2D eigenvalue weighted by atomic mass is 9.67. The quantitative estimate of drug-likeness (QED) is 0.323. The zero-order chi connectivity index (χ0) is 25.3. The van der Waals surface area contributed by atoms with Crippen molar-refractivity contribution in [1.82, 2.24) is 10.6 Å². The molecule has 8 heteroatoms. The van der Waals surface area contributed by atoms with Gasteiger partial charge in [-0.25, -0.2) is 0 Å². The lowest BCUT2D eigenvalue weighted by Crippen LogP contribution is -2.49. The first kappa shape index (κ1) is 27.5. The highest BCUT2D eigenvalue weighted by molar-refractivity contribution is 8.21. The van der Waals surface area contributed by atoms with Gasteiger partial charge in [0, 0.05) is 47.9 Å². The number of amides is 2. The van der Waals surface area contributed by atoms with E-state index in [9.17, 15) is 9.59 Å². The molecule has 6 aliphatic rings. The molecule has 2 amide bonds. The second-order valence-electron chi connectivity index (χ2n) is 12.5. The van der Waals surface area contributed by atoms with Gasteiger partial charge in [0.05, 0.1) is 8.16 Å². The highest BCUT2D eigenvalue weighted by Gasteiger charge is 2.56. The Kier molecular flexibility index (Phi) is 8.97. The summed E-state index contributed by atoms with van der Waals surface area (Å²) in [7, 11) is 0. The van der Waals surface area contributed by atoms with Crippen LogP contribution >= 0.6 is 47.0 Å². The number of hydrogen-bond acceptors (Lipinski definition) is 6. The fourth-order valence-electron chi connectivity index (χ4n) is 8.79. The Bertz CT molecular complexity index is 731. The van der Waals surface area contributed by atoms with E-state index in [1.165, 1.54) is 61.5 Å². The first-order chi connectivity index (χ1) is 18.1. The summed E-state index contributed by atoms with van der Waals surface area (Å²) in [5.74, 6) is 9.25. The molecule has 4 saturated carbocycles. The molecular weight excluding hydrogens is 537 g/mol. The maximum Gasteiger partial charge on any atom is 0.223 e. The molecule has 4 nitrogen and oxygen atoms in total. The molecule has 0 radical (unpaired) electrons. The van der Waals surface area contributed by atoms with Crippen molar-refractivity contribution in [2.75, 3.05) is 36.1 Å². The summed E-state index contributed by atoms with van der Waals surface area (Å²) in [4.78, 5) is 26.0. The first-order valence-electron chi connectivity index (χ1n) is 15.2. The van der Waals surface area contributed by atoms with Gasteiger partial charge in [0.1, 0.15) is 0 Å². The first-order valence-corrected chi connectivity index (χ1v) is 19.2. The van der Waals surface area contributed by atoms with E-state index >= 15 is 0 Å². The van der Waals surface area contributed by atoms with E-state index in [1.807, 2.05) is 0 Å². The summed E-state index contributed by atoms with van der Waals surface area (Å²) in [6.07, 6.45) is 15.6. The summed E-state index contributed by atoms with van der Waals surface area (Å²) in [5, 5.41) is 6.55. The van der Waals surface area contributed by atoms with E-state index in [0.29, 0.717) is 20.0 Å². The number of rotatable bonds is 8. The number of carbonyl (C=O) groups excluding carboxylic acids is 2. The Morgan fingerprint density at radius 2 is 0.919 bits per heavy atom. The lowest BCUT2D eigenvalue weighted by Gasteiger charge is -2.52. The van der Waals surface area contributed by atoms with Crippen LogP contribution in [0.1, 0.15) is 83.5 Å². The smallest absolute Gasteiger partial charge is 0.223 e. The predicted octanol–water partition coefficient (Wildman–Crippen LogP) is 6.39. The van der Waals surface area contributed by atoms with Gasteiger partial charge in [-0.2, -0.15) is 0 Å². The van der Waals surface area contributed by atoms with Gasteiger partial charge in [0.15, 0.2) is 0 Å². The molecule has 0 aromatic carbocycles. The Morgan fingerprint density at radius 3 is 1.27 bits per heavy atom. The third kappa shape index (κ3) is 5.49. The zero-order valence-corrected chi connectivity index (χ0v) is 25.6. The summed E-state index contributed by atoms with van der Waals surface area (Å²) < 4.78 is 0.900. The van der Waals surface area contributed by atoms with Crippen LogP contribution < -0.4 is 10.6 Å². The molecule has 2 saturated heterocycles. The van der Waals surface area contributed by atoms with Crippen molar-refractivity contribution >= 4 is 58.9 Å². The molecule has 208 valence electrons. The number of unbranched alkanes of at least 4 members (excludes halogenated alkanes) is 2. The molecule has 6 fully saturated rings. The van der Waals surface area contributed by atoms with Crippen molar-refractivity contribution in [2.45, 2.75) is 91.6 Å². The van der Waals surface area contributed by atoms with Gasteiger partial charge in [-0.05, 0) is 94.3 Å². The van der Waals surface area contributed by atoms with E-state index in [1.54, 1.807) is 0 Å². The second kappa shape index (κ2) is 12.1. The summed E-state index contributed by atoms with van der Waals surface area (Å²) in [6.45, 7) is 1.58. The number of hydrogen-bond donors (Lipinski definition) is 2. The fraction of sp³-hybridized carbons (Fsp3) is 0.931. The molecule has 4 aliphatic carbocycles. The average molecular weight is 583 g/mol. The van der Waals surface area contributed by atoms with Gasteiger partial charge in [0.25, 0.3) is 0 Å². The maximum absolute atomic E-state index is 13.0. The maximum atomic E-state index is 13.0. The van der Waals surface area contributed by atoms with Crippen LogP contribution in [0.4, 0.5) is 0 Å². The molecule has 2 N–H and O–H groups in total. The predicted molar refractivity (Wildman–Crippen MR) is 162 cm³/mol. The van der Waals surface area contributed by atoms with E-state index in [-0.39, 0.29) is 11.8 Å². The summed E-state index contributed by atoms with van der Waals surface area (Å²) in [5.41, 5.74) is 0. The van der Waals surface area contributed by atoms with Gasteiger partial charge in [-0.1, -0.05) is 12.8 Å². The molecule has 2 spiro atoms. The summed E-state index contributed by atoms with van der Waals surface area (Å²) >= 11 is 8.88. The lowest BCUT2D eigenvalue weighted by molar-refractivity contribution is -0.128. The summed E-state index contributed by atoms with van der Waals surface area (Å²) in [6, 6.07) is 0. The molecule has 4 atom stereocenters. The van der Waals surface area contributed by atoms with Crippen molar-refractivity contribution in [2.24, 2.45) is 35.5 Å². The largest absolute Gasteiger partial charge is 0.356 e. The van der Waals surface area contributed by atoms with Crippen LogP contribution in [0.5, 0.6) is 0 Å². The Morgan fingerprint density at radius 1 is 0.568 bits per heavy atom. The highest BCUT2D eigenvalue weighted by Crippen LogP contribution is 2.65. The highest BCUT2D eigenvalue weighted by atomic mass is 32.2. The van der Waals surface area contributed by atoms with Crippen molar-refractivity contribution in [3.8, 4) is 0 Å². The van der Waals surface area contributed by atoms with Crippen molar-refractivity contribution < 1.29 is 9.59 Å². The zero-order valence-electron chi connectivity index (χ0n) is 22.3. The topological polar surface area (TPSA) is 58.2 Å². The van der Waals surface area contributed by atoms with Crippen molar-refractivity contribution in [3.63, 3.8) is 0 Å². The van der Waals surface area contributed by atoms with E-state index < -0.39 is 0 Å². The minimum atomic E-state index is 0.233. The van der Waals surface area contributed by atoms with Gasteiger partial charge in [0.2, 0.25) is 11.8 Å². The molecule has 4 bridgehead atoms. The Labute approximate surface area is 241 Å². The number of nitrogens with one attached hydrogen (secondary N) is 2. The van der Waals surface area contributed by atoms with Crippen LogP contribution in [-0.2, 0) is 9.59 Å². The van der Waals surface area contributed by atoms with Crippen LogP contribution in [0.25, 0.3) is 0 Å². The number of thioether (sulfide) groups is 4. The van der Waals surface area contributed by atoms with Crippen LogP contribution in [0.2, 0.25) is 0 Å². The SMILES string of the molecule is O=C(NCCCCCNC(=O)C1C[C@@H]2CCC[C@@H](C1)C21SCCS1)C1CC2CCCC(C1)C21SCCS1. The minimum Gasteiger partial charge on any atom is -0.356 e. The van der Waals surface area contributed by atoms with Gasteiger partial charge in [-0.15, -0.1) is 47.0 Å². The monoisotopic (exact) mass is 582 g/mol. The molecule has 0 aromatic heterocycles. The Hall–Kier alpha value is 0.340. The van der Waals surface area contributed by atoms with Crippen LogP contribution in [0, 0.1) is 35.5 Å². The second-order valence-corrected chi connectivity index (χ2v) is 18.5. The van der Waals surface area contributed by atoms with Crippen LogP contribution in [0.3, 0.4) is 0 Å². The minimum absolute atomic E-state index is 0.233. The van der Waals surface area contributed by atoms with Crippen LogP contribution in [-0.4, -0.2) is 56.1 Å². The molecular formula is C29H46N2O2S4. The standard InChI is InChI=1S/C29H46N2O2S4/c32-26(20-16-22-6-4-7-23(17-20)28(22)34-12-13-35-28)30-10-2-1-3-11-31-27(33)21-18-24-8-5-9-25(19-21)29(24)36-14-15-37-29/h20-25H,1-19H2,(H,30,32)(H,31,33)/t20?,22?,23?,24-,25-/m0/s1. The van der Waals surface area contributed by atoms with E-state index in [0.717, 1.165) is 81.7 Å². The van der Waals surface area contributed by atoms with Crippen molar-refractivity contribution in [1.29, 1.82) is 0 Å². The van der Waals surface area contributed by atoms with E-state index in [4.69, 9.17) is 0 Å². The van der Waals surface area contributed by atoms with Crippen LogP contribution in [0.15, 0.2) is 0 Å². The fourth-order valence-corrected chi connectivity index (χ4v) is 16.7. The molecule has 2 heterocycles. The third-order valence-electron chi connectivity index (χ3n) is 10.4. The number of carbonyl (C=O) groups is 2. The third-order valence-corrected chi connectivity index (χ3v) is 18.5. The normalized spacial score (nSPS) is 37.5. The average Bonchev–Trinajstić information content (AvgIpc) is 3.54. The molecule has 37 heavy (non-hydrogen) atoms. The molecule has 6 rings (SSSR count). The Balaban J connectivity index is 0.863. The molecule has 0 aromatic rings. The van der Waals surface area contributed by atoms with E-state index in [2.05, 4.69) is 57.7 Å².